The molecule has 0 aromatic heterocycles. The smallest absolute Gasteiger partial charge is 0.328 e. The quantitative estimate of drug-likeness (QED) is 0.490. The molecule has 0 heterocycles. The Balaban J connectivity index is 4.23. The van der Waals surface area contributed by atoms with Crippen LogP contribution < -0.4 is 5.32 Å². The molecule has 100 valence electrons. The Morgan fingerprint density at radius 1 is 1.47 bits per heavy atom. The number of carbonyl (C=O) groups is 2. The van der Waals surface area contributed by atoms with E-state index in [9.17, 15) is 9.59 Å². The predicted octanol–water partition coefficient (Wildman–Crippen LogP) is 0.416. The minimum atomic E-state index is -0.591. The van der Waals surface area contributed by atoms with E-state index in [4.69, 9.17) is 5.11 Å². The number of nitrogens with one attached hydrogen (secondary N) is 1. The van der Waals surface area contributed by atoms with Crippen LogP contribution in [0.25, 0.3) is 0 Å². The van der Waals surface area contributed by atoms with Crippen LogP contribution in [-0.2, 0) is 14.3 Å². The number of aliphatic hydroxyl groups excluding tert-OH is 1. The van der Waals surface area contributed by atoms with Gasteiger partial charge in [-0.25, -0.2) is 4.79 Å². The summed E-state index contributed by atoms with van der Waals surface area (Å²) in [4.78, 5) is 23.0. The van der Waals surface area contributed by atoms with E-state index in [0.29, 0.717) is 5.75 Å². The third-order valence-corrected chi connectivity index (χ3v) is 3.39. The van der Waals surface area contributed by atoms with Gasteiger partial charge in [0.25, 0.3) is 0 Å². The highest BCUT2D eigenvalue weighted by molar-refractivity contribution is 7.99. The van der Waals surface area contributed by atoms with Crippen molar-refractivity contribution in [2.24, 2.45) is 5.92 Å². The molecule has 0 saturated heterocycles. The van der Waals surface area contributed by atoms with Gasteiger partial charge in [0.2, 0.25) is 5.91 Å². The van der Waals surface area contributed by atoms with E-state index in [1.54, 1.807) is 0 Å². The second-order valence-electron chi connectivity index (χ2n) is 3.73. The Bertz CT molecular complexity index is 248. The lowest BCUT2D eigenvalue weighted by Gasteiger charge is -2.21. The maximum Gasteiger partial charge on any atom is 0.328 e. The van der Waals surface area contributed by atoms with Crippen LogP contribution in [0.5, 0.6) is 0 Å². The molecule has 0 aliphatic carbocycles. The topological polar surface area (TPSA) is 75.6 Å². The molecule has 0 aromatic rings. The third kappa shape index (κ3) is 6.53. The molecule has 2 N–H and O–H groups in total. The number of aliphatic hydroxyl groups is 1. The van der Waals surface area contributed by atoms with E-state index in [0.717, 1.165) is 6.42 Å². The Hall–Kier alpha value is -0.750. The molecular weight excluding hydrogens is 242 g/mol. The molecule has 0 saturated carbocycles. The van der Waals surface area contributed by atoms with E-state index in [1.165, 1.54) is 18.9 Å². The first-order valence-corrected chi connectivity index (χ1v) is 6.78. The minimum Gasteiger partial charge on any atom is -0.467 e. The van der Waals surface area contributed by atoms with Gasteiger partial charge in [-0.05, 0) is 5.92 Å². The average molecular weight is 263 g/mol. The number of ether oxygens (including phenoxy) is 1. The summed E-state index contributed by atoms with van der Waals surface area (Å²) in [7, 11) is 1.31. The van der Waals surface area contributed by atoms with Gasteiger partial charge in [0.15, 0.2) is 0 Å². The fraction of sp³-hybridized carbons (Fsp3) is 0.818. The molecule has 17 heavy (non-hydrogen) atoms. The second-order valence-corrected chi connectivity index (χ2v) is 4.84. The molecule has 0 aliphatic heterocycles. The largest absolute Gasteiger partial charge is 0.467 e. The summed E-state index contributed by atoms with van der Waals surface area (Å²) in [5.74, 6) is 0.165. The minimum absolute atomic E-state index is 0.0363. The molecule has 0 radical (unpaired) electrons. The van der Waals surface area contributed by atoms with Gasteiger partial charge < -0.3 is 15.2 Å². The van der Waals surface area contributed by atoms with Crippen LogP contribution in [0, 0.1) is 5.92 Å². The molecule has 0 aliphatic rings. The predicted molar refractivity (Wildman–Crippen MR) is 67.8 cm³/mol. The summed E-state index contributed by atoms with van der Waals surface area (Å²) in [6.07, 6.45) is 0.782. The van der Waals surface area contributed by atoms with Gasteiger partial charge >= 0.3 is 5.97 Å². The van der Waals surface area contributed by atoms with Crippen LogP contribution in [0.2, 0.25) is 0 Å². The first-order chi connectivity index (χ1) is 8.06. The van der Waals surface area contributed by atoms with Crippen molar-refractivity contribution >= 4 is 23.6 Å². The number of hydrogen-bond acceptors (Lipinski definition) is 5. The van der Waals surface area contributed by atoms with Crippen molar-refractivity contribution in [1.29, 1.82) is 0 Å². The molecular formula is C11H21NO4S. The lowest BCUT2D eigenvalue weighted by molar-refractivity contribution is -0.146. The Labute approximate surface area is 106 Å². The first-order valence-electron chi connectivity index (χ1n) is 5.62. The van der Waals surface area contributed by atoms with Crippen LogP contribution in [0.3, 0.4) is 0 Å². The molecule has 5 nitrogen and oxygen atoms in total. The van der Waals surface area contributed by atoms with Gasteiger partial charge in [0.1, 0.15) is 6.04 Å². The summed E-state index contributed by atoms with van der Waals surface area (Å²) < 4.78 is 4.66. The van der Waals surface area contributed by atoms with Gasteiger partial charge in [0.05, 0.1) is 19.5 Å². The average Bonchev–Trinajstić information content (AvgIpc) is 2.34. The Morgan fingerprint density at radius 3 is 2.59 bits per heavy atom. The van der Waals surface area contributed by atoms with E-state index >= 15 is 0 Å². The standard InChI is InChI=1S/C11H21NO4S/c1-4-8(2)10(11(15)16-3)12-9(14)7-17-6-5-13/h8,10,13H,4-7H2,1-3H3,(H,12,14). The van der Waals surface area contributed by atoms with E-state index < -0.39 is 12.0 Å². The number of rotatable bonds is 8. The SMILES string of the molecule is CCC(C)C(NC(=O)CSCCO)C(=O)OC. The van der Waals surface area contributed by atoms with Crippen molar-refractivity contribution in [3.05, 3.63) is 0 Å². The van der Waals surface area contributed by atoms with Gasteiger partial charge in [-0.1, -0.05) is 20.3 Å². The summed E-state index contributed by atoms with van der Waals surface area (Å²) in [5.41, 5.74) is 0. The van der Waals surface area contributed by atoms with Crippen molar-refractivity contribution in [2.45, 2.75) is 26.3 Å². The molecule has 0 aromatic carbocycles. The molecule has 6 heteroatoms. The fourth-order valence-corrected chi connectivity index (χ4v) is 1.78. The number of carbonyl (C=O) groups excluding carboxylic acids is 2. The highest BCUT2D eigenvalue weighted by atomic mass is 32.2. The summed E-state index contributed by atoms with van der Waals surface area (Å²) in [6, 6.07) is -0.591. The van der Waals surface area contributed by atoms with Crippen LogP contribution in [0.4, 0.5) is 0 Å². The normalized spacial score (nSPS) is 13.9. The van der Waals surface area contributed by atoms with Crippen LogP contribution in [0.15, 0.2) is 0 Å². The number of methoxy groups -OCH3 is 1. The molecule has 2 atom stereocenters. The molecule has 2 unspecified atom stereocenters. The highest BCUT2D eigenvalue weighted by Gasteiger charge is 2.26. The van der Waals surface area contributed by atoms with Crippen LogP contribution in [0.1, 0.15) is 20.3 Å². The molecule has 0 spiro atoms. The zero-order valence-electron chi connectivity index (χ0n) is 10.6. The number of amides is 1. The van der Waals surface area contributed by atoms with Crippen molar-refractivity contribution in [2.75, 3.05) is 25.2 Å². The maximum absolute atomic E-state index is 11.5. The third-order valence-electron chi connectivity index (χ3n) is 2.45. The lowest BCUT2D eigenvalue weighted by atomic mass is 9.99. The Kier molecular flexibility index (Phi) is 8.89. The summed E-state index contributed by atoms with van der Waals surface area (Å²) >= 11 is 1.33. The maximum atomic E-state index is 11.5. The van der Waals surface area contributed by atoms with Crippen LogP contribution >= 0.6 is 11.8 Å². The zero-order chi connectivity index (χ0) is 13.3. The van der Waals surface area contributed by atoms with E-state index in [-0.39, 0.29) is 24.2 Å². The van der Waals surface area contributed by atoms with E-state index in [1.807, 2.05) is 13.8 Å². The van der Waals surface area contributed by atoms with Gasteiger partial charge in [-0.15, -0.1) is 11.8 Å². The fourth-order valence-electron chi connectivity index (χ4n) is 1.24. The summed E-state index contributed by atoms with van der Waals surface area (Å²) in [5, 5.41) is 11.2. The molecule has 0 bridgehead atoms. The van der Waals surface area contributed by atoms with E-state index in [2.05, 4.69) is 10.1 Å². The molecule has 0 fully saturated rings. The summed E-state index contributed by atoms with van der Waals surface area (Å²) in [6.45, 7) is 3.89. The van der Waals surface area contributed by atoms with Crippen LogP contribution in [-0.4, -0.2) is 48.2 Å². The van der Waals surface area contributed by atoms with Crippen molar-refractivity contribution < 1.29 is 19.4 Å². The number of esters is 1. The number of thioether (sulfide) groups is 1. The first kappa shape index (κ1) is 16.2. The molecule has 1 amide bonds. The van der Waals surface area contributed by atoms with Crippen molar-refractivity contribution in [3.63, 3.8) is 0 Å². The lowest BCUT2D eigenvalue weighted by Crippen LogP contribution is -2.46. The monoisotopic (exact) mass is 263 g/mol. The highest BCUT2D eigenvalue weighted by Crippen LogP contribution is 2.09. The Morgan fingerprint density at radius 2 is 2.12 bits per heavy atom. The van der Waals surface area contributed by atoms with Gasteiger partial charge in [0, 0.05) is 5.75 Å². The second kappa shape index (κ2) is 9.30. The van der Waals surface area contributed by atoms with Crippen molar-refractivity contribution in [1.82, 2.24) is 5.32 Å². The van der Waals surface area contributed by atoms with Crippen molar-refractivity contribution in [3.8, 4) is 0 Å². The molecule has 0 rings (SSSR count). The number of hydrogen-bond donors (Lipinski definition) is 2. The zero-order valence-corrected chi connectivity index (χ0v) is 11.4. The van der Waals surface area contributed by atoms with Gasteiger partial charge in [-0.3, -0.25) is 4.79 Å². The van der Waals surface area contributed by atoms with Gasteiger partial charge in [-0.2, -0.15) is 0 Å².